The zero-order valence-electron chi connectivity index (χ0n) is 23.3. The fourth-order valence-electron chi connectivity index (χ4n) is 4.54. The Labute approximate surface area is 225 Å². The van der Waals surface area contributed by atoms with E-state index >= 15 is 0 Å². The van der Waals surface area contributed by atoms with Crippen molar-refractivity contribution in [1.29, 1.82) is 0 Å². The number of rotatable bonds is 16. The summed E-state index contributed by atoms with van der Waals surface area (Å²) in [5.41, 5.74) is -1.53. The number of phosphoric ester groups is 1. The van der Waals surface area contributed by atoms with Gasteiger partial charge in [-0.15, -0.1) is 0 Å². The molecule has 1 unspecified atom stereocenters. The van der Waals surface area contributed by atoms with E-state index in [-0.39, 0.29) is 0 Å². The summed E-state index contributed by atoms with van der Waals surface area (Å²) in [6.45, 7) is 14.3. The van der Waals surface area contributed by atoms with Gasteiger partial charge in [-0.1, -0.05) is 53.4 Å². The van der Waals surface area contributed by atoms with Gasteiger partial charge in [-0.25, -0.2) is 4.79 Å². The van der Waals surface area contributed by atoms with Gasteiger partial charge in [0.1, 0.15) is 18.3 Å². The molecule has 2 rings (SSSR count). The van der Waals surface area contributed by atoms with Crippen molar-refractivity contribution >= 4 is 7.82 Å². The number of ether oxygens (including phenoxy) is 1. The van der Waals surface area contributed by atoms with E-state index in [2.05, 4.69) is 32.2 Å². The Morgan fingerprint density at radius 2 is 1.45 bits per heavy atom. The lowest BCUT2D eigenvalue weighted by molar-refractivity contribution is -0.929. The summed E-state index contributed by atoms with van der Waals surface area (Å²) in [5.74, 6) is 0. The molecule has 0 radical (unpaired) electrons. The molecule has 0 aromatic carbocycles. The summed E-state index contributed by atoms with van der Waals surface area (Å²) in [7, 11) is -5.01. The van der Waals surface area contributed by atoms with Crippen molar-refractivity contribution in [2.24, 2.45) is 0 Å². The lowest BCUT2D eigenvalue weighted by Crippen LogP contribution is -2.50. The summed E-state index contributed by atoms with van der Waals surface area (Å²) in [6.07, 6.45) is 6.36. The Bertz CT molecular complexity index is 911. The van der Waals surface area contributed by atoms with Gasteiger partial charge in [0.15, 0.2) is 6.23 Å². The highest BCUT2D eigenvalue weighted by atomic mass is 31.2. The quantitative estimate of drug-likeness (QED) is 0.172. The molecule has 1 fully saturated rings. The van der Waals surface area contributed by atoms with E-state index in [9.17, 15) is 29.3 Å². The first-order chi connectivity index (χ1) is 17.9. The molecule has 1 aromatic rings. The van der Waals surface area contributed by atoms with Gasteiger partial charge in [0.05, 0.1) is 32.8 Å². The molecule has 0 amide bonds. The number of aliphatic hydroxyl groups is 2. The number of hydrogen-bond donors (Lipinski definition) is 4. The lowest BCUT2D eigenvalue weighted by Gasteiger charge is -2.39. The largest absolute Gasteiger partial charge is 0.756 e. The third-order valence-electron chi connectivity index (χ3n) is 6.81. The number of nitrogens with zero attached hydrogens (tertiary/aromatic N) is 2. The number of unbranched alkanes of at least 4 members (excludes halogenated alkanes) is 4. The van der Waals surface area contributed by atoms with Crippen LogP contribution in [0.1, 0.15) is 85.3 Å². The predicted molar refractivity (Wildman–Crippen MR) is 142 cm³/mol. The molecule has 2 heterocycles. The lowest BCUT2D eigenvalue weighted by atomic mass is 10.1. The van der Waals surface area contributed by atoms with Crippen LogP contribution in [0.25, 0.3) is 0 Å². The van der Waals surface area contributed by atoms with Gasteiger partial charge in [0.25, 0.3) is 13.4 Å². The van der Waals surface area contributed by atoms with Crippen LogP contribution in [0.5, 0.6) is 0 Å². The second-order valence-electron chi connectivity index (χ2n) is 9.98. The summed E-state index contributed by atoms with van der Waals surface area (Å²) in [5, 5.41) is 19.5. The highest BCUT2D eigenvalue weighted by molar-refractivity contribution is 7.44. The van der Waals surface area contributed by atoms with Gasteiger partial charge in [-0.3, -0.25) is 18.9 Å². The van der Waals surface area contributed by atoms with E-state index in [1.54, 1.807) is 0 Å². The summed E-state index contributed by atoms with van der Waals surface area (Å²) in [4.78, 5) is 43.4. The molecule has 4 N–H and O–H groups in total. The molecule has 1 aliphatic rings. The van der Waals surface area contributed by atoms with Gasteiger partial charge in [-0.2, -0.15) is 0 Å². The van der Waals surface area contributed by atoms with E-state index in [1.165, 1.54) is 82.0 Å². The molecule has 1 aromatic heterocycles. The molecule has 0 aliphatic carbocycles. The highest BCUT2D eigenvalue weighted by Gasteiger charge is 2.44. The third kappa shape index (κ3) is 11.8. The monoisotopic (exact) mass is 565 g/mol. The molecular formula is C25H48N3O9P. The molecular weight excluding hydrogens is 517 g/mol. The molecule has 1 aliphatic heterocycles. The van der Waals surface area contributed by atoms with Crippen molar-refractivity contribution in [3.63, 3.8) is 0 Å². The number of aliphatic hydroxyl groups excluding tert-OH is 2. The van der Waals surface area contributed by atoms with Crippen molar-refractivity contribution < 1.29 is 38.3 Å². The van der Waals surface area contributed by atoms with E-state index in [1.807, 2.05) is 4.98 Å². The van der Waals surface area contributed by atoms with Crippen molar-refractivity contribution in [3.8, 4) is 0 Å². The van der Waals surface area contributed by atoms with Gasteiger partial charge in [-0.05, 0) is 25.7 Å². The first-order valence-electron chi connectivity index (χ1n) is 13.8. The van der Waals surface area contributed by atoms with Crippen LogP contribution >= 0.6 is 7.82 Å². The number of aromatic amines is 1. The Kier molecular flexibility index (Phi) is 15.8. The van der Waals surface area contributed by atoms with Crippen LogP contribution in [0.2, 0.25) is 0 Å². The Balaban J connectivity index is 0.000000391. The molecule has 0 spiro atoms. The molecule has 12 nitrogen and oxygen atoms in total. The summed E-state index contributed by atoms with van der Waals surface area (Å²) in [6, 6.07) is 1.01. The average molecular weight is 566 g/mol. The van der Waals surface area contributed by atoms with Gasteiger partial charge >= 0.3 is 5.69 Å². The summed E-state index contributed by atoms with van der Waals surface area (Å²) >= 11 is 0. The fourth-order valence-corrected chi connectivity index (χ4v) is 4.87. The second kappa shape index (κ2) is 17.3. The van der Waals surface area contributed by atoms with Crippen molar-refractivity contribution in [1.82, 2.24) is 9.55 Å². The van der Waals surface area contributed by atoms with E-state index in [0.717, 1.165) is 16.8 Å². The summed E-state index contributed by atoms with van der Waals surface area (Å²) < 4.78 is 21.9. The molecule has 0 saturated carbocycles. The first-order valence-corrected chi connectivity index (χ1v) is 15.3. The van der Waals surface area contributed by atoms with Crippen LogP contribution in [0.4, 0.5) is 0 Å². The van der Waals surface area contributed by atoms with Crippen LogP contribution in [0.15, 0.2) is 21.9 Å². The van der Waals surface area contributed by atoms with E-state index < -0.39 is 50.2 Å². The first kappa shape index (κ1) is 34.7. The topological polar surface area (TPSA) is 174 Å². The Morgan fingerprint density at radius 1 is 0.974 bits per heavy atom. The van der Waals surface area contributed by atoms with Crippen molar-refractivity contribution in [2.75, 3.05) is 32.8 Å². The maximum absolute atomic E-state index is 11.6. The molecule has 13 heteroatoms. The zero-order chi connectivity index (χ0) is 28.8. The highest BCUT2D eigenvalue weighted by Crippen LogP contribution is 2.34. The molecule has 38 heavy (non-hydrogen) atoms. The standard InChI is InChI=1S/C16H36N.C9H13N2O9P/c1-5-9-13-17(14-10-6-2,15-11-7-3)16-12-8-4;12-5-1-2-11(9(15)10-5)8-7(14)6(13)4(20-8)3-19-21(16,17)18/h5-16H2,1-4H3;1-2,4,6-8,13-14H,3H2,(H,10,12,15)(H2,16,17,18)/q+1;/p-1/t;4-,6-,7-,8-/m.1/s1. The Morgan fingerprint density at radius 3 is 1.84 bits per heavy atom. The van der Waals surface area contributed by atoms with E-state index in [0.29, 0.717) is 0 Å². The van der Waals surface area contributed by atoms with Crippen molar-refractivity contribution in [3.05, 3.63) is 33.1 Å². The van der Waals surface area contributed by atoms with Crippen molar-refractivity contribution in [2.45, 2.75) is 104 Å². The number of H-pyrrole nitrogens is 1. The van der Waals surface area contributed by atoms with Crippen LogP contribution < -0.4 is 16.1 Å². The number of phosphoric acid groups is 1. The van der Waals surface area contributed by atoms with Crippen LogP contribution in [-0.2, 0) is 13.8 Å². The minimum Gasteiger partial charge on any atom is -0.756 e. The fraction of sp³-hybridized carbons (Fsp3) is 0.840. The van der Waals surface area contributed by atoms with E-state index in [4.69, 9.17) is 9.63 Å². The second-order valence-corrected chi connectivity index (χ2v) is 11.2. The maximum Gasteiger partial charge on any atom is 0.330 e. The van der Waals surface area contributed by atoms with Gasteiger partial charge in [0.2, 0.25) is 0 Å². The zero-order valence-corrected chi connectivity index (χ0v) is 24.2. The third-order valence-corrected chi connectivity index (χ3v) is 7.28. The number of hydrogen-bond acceptors (Lipinski definition) is 8. The van der Waals surface area contributed by atoms with Gasteiger partial charge < -0.3 is 33.7 Å². The molecule has 222 valence electrons. The Hall–Kier alpha value is -1.37. The number of quaternary nitrogens is 1. The average Bonchev–Trinajstić information content (AvgIpc) is 3.15. The minimum atomic E-state index is -5.01. The smallest absolute Gasteiger partial charge is 0.330 e. The number of nitrogens with one attached hydrogen (secondary N) is 1. The minimum absolute atomic E-state index is 0.656. The maximum atomic E-state index is 11.6. The predicted octanol–water partition coefficient (Wildman–Crippen LogP) is 1.64. The van der Waals surface area contributed by atoms with Crippen LogP contribution in [-0.4, -0.2) is 80.2 Å². The van der Waals surface area contributed by atoms with Crippen LogP contribution in [0.3, 0.4) is 0 Å². The molecule has 1 saturated heterocycles. The normalized spacial score (nSPS) is 23.1. The van der Waals surface area contributed by atoms with Crippen LogP contribution in [0, 0.1) is 0 Å². The number of aromatic nitrogens is 2. The molecule has 5 atom stereocenters. The van der Waals surface area contributed by atoms with Gasteiger partial charge in [0, 0.05) is 12.3 Å². The molecule has 0 bridgehead atoms. The SMILES string of the molecule is CCCC[N+](CCCC)(CCCC)CCCC.O=c1ccn([C@@H]2O[C@H](COP(=O)([O-])O)[C@@H](O)[C@H]2O)c(=O)[nH]1.